The molecule has 1 amide bonds. The fourth-order valence-corrected chi connectivity index (χ4v) is 6.62. The molecular weight excluding hydrogens is 557 g/mol. The Morgan fingerprint density at radius 2 is 1.88 bits per heavy atom. The zero-order valence-electron chi connectivity index (χ0n) is 23.6. The number of hydrogen-bond donors (Lipinski definition) is 1. The molecule has 2 aromatic heterocycles. The Kier molecular flexibility index (Phi) is 6.44. The number of aromatic nitrogens is 3. The SMILES string of the molecule is CSc1nc2c3c(nc(-c4cc(C)c(F)c(N)c4F)c(F)c3n1)O[C@@H](C)[C@@H]1[C@@H]3CC[C@H](CN21)N3C(=O)OC(C)(C)C. The Morgan fingerprint density at radius 3 is 2.56 bits per heavy atom. The molecule has 0 unspecified atom stereocenters. The van der Waals surface area contributed by atoms with Crippen LogP contribution in [0, 0.1) is 24.4 Å². The van der Waals surface area contributed by atoms with Crippen LogP contribution < -0.4 is 15.4 Å². The number of nitrogen functional groups attached to an aromatic ring is 1. The summed E-state index contributed by atoms with van der Waals surface area (Å²) in [6.07, 6.45) is 2.36. The number of fused-ring (bicyclic) bond motifs is 5. The Morgan fingerprint density at radius 1 is 1.15 bits per heavy atom. The van der Waals surface area contributed by atoms with E-state index in [4.69, 9.17) is 20.2 Å². The van der Waals surface area contributed by atoms with Crippen molar-refractivity contribution in [2.45, 2.75) is 82.4 Å². The summed E-state index contributed by atoms with van der Waals surface area (Å²) in [6, 6.07) is 0.426. The topological polar surface area (TPSA) is 107 Å². The Balaban J connectivity index is 1.53. The van der Waals surface area contributed by atoms with Crippen LogP contribution in [0.5, 0.6) is 5.88 Å². The molecule has 3 aliphatic heterocycles. The van der Waals surface area contributed by atoms with Crippen LogP contribution in [0.1, 0.15) is 46.1 Å². The van der Waals surface area contributed by atoms with E-state index in [-0.39, 0.29) is 57.8 Å². The first-order valence-corrected chi connectivity index (χ1v) is 14.7. The third kappa shape index (κ3) is 4.31. The van der Waals surface area contributed by atoms with Crippen molar-refractivity contribution in [2.75, 3.05) is 23.4 Å². The summed E-state index contributed by atoms with van der Waals surface area (Å²) in [7, 11) is 0. The lowest BCUT2D eigenvalue weighted by Crippen LogP contribution is -2.65. The first kappa shape index (κ1) is 27.7. The molecule has 2 saturated heterocycles. The number of nitrogens with zero attached hydrogens (tertiary/aromatic N) is 5. The maximum Gasteiger partial charge on any atom is 0.410 e. The van der Waals surface area contributed by atoms with Gasteiger partial charge < -0.3 is 20.1 Å². The second-order valence-electron chi connectivity index (χ2n) is 11.8. The predicted molar refractivity (Wildman–Crippen MR) is 150 cm³/mol. The highest BCUT2D eigenvalue weighted by atomic mass is 32.2. The molecule has 41 heavy (non-hydrogen) atoms. The number of aryl methyl sites for hydroxylation is 1. The second kappa shape index (κ2) is 9.53. The molecule has 9 nitrogen and oxygen atoms in total. The quantitative estimate of drug-likeness (QED) is 0.237. The van der Waals surface area contributed by atoms with Crippen molar-refractivity contribution in [2.24, 2.45) is 0 Å². The van der Waals surface area contributed by atoms with E-state index in [1.807, 2.05) is 27.7 Å². The lowest BCUT2D eigenvalue weighted by molar-refractivity contribution is 0.000952. The molecule has 0 saturated carbocycles. The van der Waals surface area contributed by atoms with E-state index in [2.05, 4.69) is 14.9 Å². The molecule has 0 spiro atoms. The molecule has 2 bridgehead atoms. The van der Waals surface area contributed by atoms with Crippen molar-refractivity contribution in [3.05, 3.63) is 29.1 Å². The second-order valence-corrected chi connectivity index (χ2v) is 12.5. The van der Waals surface area contributed by atoms with Crippen LogP contribution in [-0.4, -0.2) is 68.6 Å². The highest BCUT2D eigenvalue weighted by Gasteiger charge is 2.53. The maximum atomic E-state index is 16.3. The molecule has 13 heteroatoms. The highest BCUT2D eigenvalue weighted by Crippen LogP contribution is 2.47. The molecule has 5 heterocycles. The number of amides is 1. The van der Waals surface area contributed by atoms with Crippen LogP contribution in [0.4, 0.5) is 29.5 Å². The van der Waals surface area contributed by atoms with Crippen molar-refractivity contribution < 1.29 is 27.4 Å². The molecule has 0 radical (unpaired) electrons. The van der Waals surface area contributed by atoms with E-state index in [9.17, 15) is 9.18 Å². The fourth-order valence-electron chi connectivity index (χ4n) is 6.26. The Labute approximate surface area is 239 Å². The molecule has 3 aromatic rings. The van der Waals surface area contributed by atoms with Crippen LogP contribution in [-0.2, 0) is 4.74 Å². The van der Waals surface area contributed by atoms with Crippen LogP contribution in [0.25, 0.3) is 22.2 Å². The minimum absolute atomic E-state index is 0.0283. The number of halogens is 3. The fraction of sp³-hybridized carbons (Fsp3) is 0.500. The number of rotatable bonds is 2. The number of pyridine rings is 1. The summed E-state index contributed by atoms with van der Waals surface area (Å²) >= 11 is 1.23. The van der Waals surface area contributed by atoms with Gasteiger partial charge in [0.05, 0.1) is 18.1 Å². The minimum Gasteiger partial charge on any atom is -0.472 e. The van der Waals surface area contributed by atoms with Gasteiger partial charge in [-0.15, -0.1) is 0 Å². The molecular formula is C28H31F3N6O3S. The van der Waals surface area contributed by atoms with Gasteiger partial charge in [-0.05, 0) is 65.3 Å². The summed E-state index contributed by atoms with van der Waals surface area (Å²) in [5.74, 6) is -2.45. The van der Waals surface area contributed by atoms with Gasteiger partial charge in [0, 0.05) is 12.1 Å². The van der Waals surface area contributed by atoms with Gasteiger partial charge >= 0.3 is 6.09 Å². The summed E-state index contributed by atoms with van der Waals surface area (Å²) in [5, 5.41) is 0.565. The van der Waals surface area contributed by atoms with Gasteiger partial charge in [0.15, 0.2) is 22.6 Å². The number of anilines is 2. The molecule has 6 rings (SSSR count). The number of hydrogen-bond acceptors (Lipinski definition) is 9. The van der Waals surface area contributed by atoms with Gasteiger partial charge in [-0.1, -0.05) is 11.8 Å². The average Bonchev–Trinajstić information content (AvgIpc) is 3.16. The van der Waals surface area contributed by atoms with Crippen LogP contribution in [0.3, 0.4) is 0 Å². The van der Waals surface area contributed by atoms with Crippen LogP contribution in [0.2, 0.25) is 0 Å². The zero-order chi connectivity index (χ0) is 29.5. The number of carbonyl (C=O) groups is 1. The number of benzene rings is 1. The Bertz CT molecular complexity index is 1600. The van der Waals surface area contributed by atoms with E-state index in [0.29, 0.717) is 17.5 Å². The lowest BCUT2D eigenvalue weighted by atomic mass is 9.98. The largest absolute Gasteiger partial charge is 0.472 e. The van der Waals surface area contributed by atoms with Crippen molar-refractivity contribution in [3.63, 3.8) is 0 Å². The van der Waals surface area contributed by atoms with Crippen molar-refractivity contribution in [1.29, 1.82) is 0 Å². The molecule has 2 fully saturated rings. The van der Waals surface area contributed by atoms with E-state index in [0.717, 1.165) is 12.8 Å². The predicted octanol–water partition coefficient (Wildman–Crippen LogP) is 5.46. The van der Waals surface area contributed by atoms with Crippen molar-refractivity contribution in [3.8, 4) is 17.1 Å². The first-order valence-electron chi connectivity index (χ1n) is 13.4. The van der Waals surface area contributed by atoms with E-state index in [1.54, 1.807) is 11.2 Å². The van der Waals surface area contributed by atoms with Crippen molar-refractivity contribution >= 4 is 40.3 Å². The number of thioether (sulfide) groups is 1. The number of ether oxygens (including phenoxy) is 2. The minimum atomic E-state index is -1.12. The van der Waals surface area contributed by atoms with Gasteiger partial charge in [-0.3, -0.25) is 4.90 Å². The van der Waals surface area contributed by atoms with Crippen LogP contribution in [0.15, 0.2) is 11.2 Å². The van der Waals surface area contributed by atoms with Gasteiger partial charge in [-0.25, -0.2) is 32.9 Å². The molecule has 1 aromatic carbocycles. The van der Waals surface area contributed by atoms with E-state index >= 15 is 8.78 Å². The highest BCUT2D eigenvalue weighted by molar-refractivity contribution is 7.98. The summed E-state index contributed by atoms with van der Waals surface area (Å²) in [4.78, 5) is 30.8. The zero-order valence-corrected chi connectivity index (χ0v) is 24.4. The molecule has 2 N–H and O–H groups in total. The van der Waals surface area contributed by atoms with Gasteiger partial charge in [0.1, 0.15) is 39.8 Å². The standard InChI is InChI=1S/C28H31F3N6O3S/c1-11-9-14(18(30)20(32)17(11)29)21-19(31)22-16-24(35-26(34-22)41-6)36-10-13-7-8-15(23(36)12(2)39-25(16)33-21)37(13)27(38)40-28(3,4)5/h9,12-13,15,23H,7-8,10,32H2,1-6H3/t12-,13+,15-,23+/m0/s1. The number of carbonyl (C=O) groups excluding carboxylic acids is 1. The third-order valence-corrected chi connectivity index (χ3v) is 8.48. The molecule has 4 atom stereocenters. The third-order valence-electron chi connectivity index (χ3n) is 7.93. The van der Waals surface area contributed by atoms with Gasteiger partial charge in [0.2, 0.25) is 5.88 Å². The summed E-state index contributed by atoms with van der Waals surface area (Å²) in [6.45, 7) is 9.19. The monoisotopic (exact) mass is 588 g/mol. The van der Waals surface area contributed by atoms with Crippen molar-refractivity contribution in [1.82, 2.24) is 19.9 Å². The maximum absolute atomic E-state index is 16.3. The van der Waals surface area contributed by atoms with E-state index in [1.165, 1.54) is 24.8 Å². The van der Waals surface area contributed by atoms with Crippen LogP contribution >= 0.6 is 11.8 Å². The average molecular weight is 589 g/mol. The summed E-state index contributed by atoms with van der Waals surface area (Å²) < 4.78 is 57.9. The van der Waals surface area contributed by atoms with E-state index < -0.39 is 34.8 Å². The normalized spacial score (nSPS) is 23.3. The molecule has 3 aliphatic rings. The summed E-state index contributed by atoms with van der Waals surface area (Å²) in [5.41, 5.74) is 3.56. The smallest absolute Gasteiger partial charge is 0.410 e. The van der Waals surface area contributed by atoms with Gasteiger partial charge in [-0.2, -0.15) is 0 Å². The molecule has 0 aliphatic carbocycles. The number of piperazine rings is 1. The number of nitrogens with two attached hydrogens (primary N) is 1. The Hall–Kier alpha value is -3.48. The van der Waals surface area contributed by atoms with Gasteiger partial charge in [0.25, 0.3) is 0 Å². The lowest BCUT2D eigenvalue weighted by Gasteiger charge is -2.48. The molecule has 218 valence electrons. The first-order chi connectivity index (χ1) is 19.3.